The molecule has 4 heteroatoms. The lowest BCUT2D eigenvalue weighted by Crippen LogP contribution is -2.12. The first-order valence-electron chi connectivity index (χ1n) is 6.18. The fourth-order valence-corrected chi connectivity index (χ4v) is 1.84. The molecule has 0 spiro atoms. The Kier molecular flexibility index (Phi) is 3.36. The normalized spacial score (nSPS) is 11.2. The summed E-state index contributed by atoms with van der Waals surface area (Å²) in [5.41, 5.74) is 2.80. The van der Waals surface area contributed by atoms with E-state index in [4.69, 9.17) is 0 Å². The van der Waals surface area contributed by atoms with E-state index in [9.17, 15) is 4.79 Å². The average molecular weight is 255 g/mol. The second kappa shape index (κ2) is 4.82. The number of carbonyl (C=O) groups excluding carboxylic acids is 1. The number of rotatable bonds is 2. The van der Waals surface area contributed by atoms with Gasteiger partial charge in [0.15, 0.2) is 5.82 Å². The molecule has 1 aromatic carbocycles. The van der Waals surface area contributed by atoms with Gasteiger partial charge in [0, 0.05) is 11.5 Å². The Hall–Kier alpha value is -2.19. The molecule has 1 heterocycles. The molecule has 2 aromatic rings. The molecule has 0 saturated heterocycles. The van der Waals surface area contributed by atoms with Crippen LogP contribution in [0.2, 0.25) is 0 Å². The number of benzene rings is 1. The van der Waals surface area contributed by atoms with Crippen LogP contribution in [-0.2, 0) is 10.2 Å². The number of aliphatic imine (C=N–C) groups is 1. The average Bonchev–Trinajstić information content (AvgIpc) is 2.74. The van der Waals surface area contributed by atoms with Crippen molar-refractivity contribution in [2.75, 3.05) is 0 Å². The van der Waals surface area contributed by atoms with E-state index >= 15 is 0 Å². The van der Waals surface area contributed by atoms with E-state index in [0.29, 0.717) is 5.82 Å². The molecule has 0 atom stereocenters. The van der Waals surface area contributed by atoms with Crippen molar-refractivity contribution in [3.63, 3.8) is 0 Å². The van der Waals surface area contributed by atoms with Crippen LogP contribution in [0, 0.1) is 6.92 Å². The third-order valence-corrected chi connectivity index (χ3v) is 2.96. The van der Waals surface area contributed by atoms with E-state index in [1.807, 2.05) is 37.3 Å². The number of isocyanates is 1. The smallest absolute Gasteiger partial charge is 0.214 e. The maximum Gasteiger partial charge on any atom is 0.242 e. The summed E-state index contributed by atoms with van der Waals surface area (Å²) < 4.78 is 1.70. The molecule has 0 unspecified atom stereocenters. The summed E-state index contributed by atoms with van der Waals surface area (Å²) in [6.07, 6.45) is 1.59. The van der Waals surface area contributed by atoms with Crippen LogP contribution in [0.1, 0.15) is 32.0 Å². The van der Waals surface area contributed by atoms with Gasteiger partial charge < -0.3 is 0 Å². The highest BCUT2D eigenvalue weighted by Gasteiger charge is 2.20. The highest BCUT2D eigenvalue weighted by Crippen LogP contribution is 2.28. The van der Waals surface area contributed by atoms with Crippen LogP contribution in [0.25, 0.3) is 5.69 Å². The molecule has 0 fully saturated rings. The monoisotopic (exact) mass is 255 g/mol. The summed E-state index contributed by atoms with van der Waals surface area (Å²) in [5, 5.41) is 4.58. The molecule has 0 saturated carbocycles. The van der Waals surface area contributed by atoms with Crippen LogP contribution in [0.3, 0.4) is 0 Å². The lowest BCUT2D eigenvalue weighted by molar-refractivity contribution is 0.560. The van der Waals surface area contributed by atoms with Gasteiger partial charge in [-0.3, -0.25) is 0 Å². The standard InChI is InChI=1S/C15H17N3O/c1-11-7-5-6-8-12(11)18-14(16-10-19)9-13(17-18)15(2,3)4/h5-9H,1-4H3. The topological polar surface area (TPSA) is 47.2 Å². The van der Waals surface area contributed by atoms with Gasteiger partial charge in [0.05, 0.1) is 11.4 Å². The van der Waals surface area contributed by atoms with Crippen LogP contribution in [0.5, 0.6) is 0 Å². The Balaban J connectivity index is 2.66. The molecular weight excluding hydrogens is 238 g/mol. The lowest BCUT2D eigenvalue weighted by Gasteiger charge is -2.14. The molecule has 0 aliphatic heterocycles. The Morgan fingerprint density at radius 3 is 2.53 bits per heavy atom. The summed E-state index contributed by atoms with van der Waals surface area (Å²) in [5.74, 6) is 0.509. The number of aryl methyl sites for hydroxylation is 1. The first-order valence-corrected chi connectivity index (χ1v) is 6.18. The minimum absolute atomic E-state index is 0.0961. The first kappa shape index (κ1) is 13.2. The quantitative estimate of drug-likeness (QED) is 0.609. The zero-order chi connectivity index (χ0) is 14.0. The van der Waals surface area contributed by atoms with Crippen molar-refractivity contribution < 1.29 is 4.79 Å². The van der Waals surface area contributed by atoms with Gasteiger partial charge in [-0.05, 0) is 18.6 Å². The molecule has 1 aromatic heterocycles. The largest absolute Gasteiger partial charge is 0.242 e. The lowest BCUT2D eigenvalue weighted by atomic mass is 9.92. The maximum atomic E-state index is 10.6. The van der Waals surface area contributed by atoms with Gasteiger partial charge >= 0.3 is 0 Å². The number of nitrogens with zero attached hydrogens (tertiary/aromatic N) is 3. The fourth-order valence-electron chi connectivity index (χ4n) is 1.84. The summed E-state index contributed by atoms with van der Waals surface area (Å²) in [6, 6.07) is 9.70. The highest BCUT2D eigenvalue weighted by atomic mass is 16.1. The molecule has 0 N–H and O–H groups in total. The number of aromatic nitrogens is 2. The van der Waals surface area contributed by atoms with E-state index in [-0.39, 0.29) is 5.41 Å². The Morgan fingerprint density at radius 2 is 1.95 bits per heavy atom. The minimum atomic E-state index is -0.0961. The van der Waals surface area contributed by atoms with Crippen LogP contribution >= 0.6 is 0 Å². The van der Waals surface area contributed by atoms with Gasteiger partial charge in [-0.15, -0.1) is 4.99 Å². The summed E-state index contributed by atoms with van der Waals surface area (Å²) in [7, 11) is 0. The molecule has 0 aliphatic carbocycles. The molecule has 0 aliphatic rings. The fraction of sp³-hybridized carbons (Fsp3) is 0.333. The van der Waals surface area contributed by atoms with Gasteiger partial charge in [0.1, 0.15) is 0 Å². The van der Waals surface area contributed by atoms with Crippen LogP contribution in [0.15, 0.2) is 35.3 Å². The van der Waals surface area contributed by atoms with Crippen LogP contribution in [0.4, 0.5) is 5.82 Å². The van der Waals surface area contributed by atoms with E-state index < -0.39 is 0 Å². The van der Waals surface area contributed by atoms with Gasteiger partial charge in [-0.25, -0.2) is 9.48 Å². The van der Waals surface area contributed by atoms with E-state index in [2.05, 4.69) is 30.9 Å². The molecule has 98 valence electrons. The zero-order valence-electron chi connectivity index (χ0n) is 11.6. The highest BCUT2D eigenvalue weighted by molar-refractivity contribution is 5.52. The summed E-state index contributed by atoms with van der Waals surface area (Å²) in [6.45, 7) is 8.23. The van der Waals surface area contributed by atoms with Crippen molar-refractivity contribution in [2.24, 2.45) is 4.99 Å². The predicted octanol–water partition coefficient (Wildman–Crippen LogP) is 3.45. The Bertz CT molecular complexity index is 644. The summed E-state index contributed by atoms with van der Waals surface area (Å²) in [4.78, 5) is 14.3. The molecule has 4 nitrogen and oxygen atoms in total. The van der Waals surface area contributed by atoms with Gasteiger partial charge in [0.2, 0.25) is 6.08 Å². The van der Waals surface area contributed by atoms with Crippen LogP contribution in [-0.4, -0.2) is 15.9 Å². The number of para-hydroxylation sites is 1. The first-order chi connectivity index (χ1) is 8.93. The minimum Gasteiger partial charge on any atom is -0.214 e. The van der Waals surface area contributed by atoms with Gasteiger partial charge in [-0.2, -0.15) is 5.10 Å². The number of hydrogen-bond donors (Lipinski definition) is 0. The molecule has 2 rings (SSSR count). The Morgan fingerprint density at radius 1 is 1.26 bits per heavy atom. The van der Waals surface area contributed by atoms with Crippen molar-refractivity contribution >= 4 is 11.9 Å². The maximum absolute atomic E-state index is 10.6. The number of hydrogen-bond acceptors (Lipinski definition) is 3. The van der Waals surface area contributed by atoms with Gasteiger partial charge in [-0.1, -0.05) is 39.0 Å². The van der Waals surface area contributed by atoms with E-state index in [1.165, 1.54) is 0 Å². The van der Waals surface area contributed by atoms with Crippen molar-refractivity contribution in [3.8, 4) is 5.69 Å². The molecule has 0 amide bonds. The van der Waals surface area contributed by atoms with Crippen molar-refractivity contribution in [3.05, 3.63) is 41.6 Å². The second-order valence-corrected chi connectivity index (χ2v) is 5.54. The predicted molar refractivity (Wildman–Crippen MR) is 74.8 cm³/mol. The van der Waals surface area contributed by atoms with Crippen molar-refractivity contribution in [2.45, 2.75) is 33.1 Å². The zero-order valence-corrected chi connectivity index (χ0v) is 11.6. The SMILES string of the molecule is Cc1ccccc1-n1nc(C(C)(C)C)cc1N=C=O. The summed E-state index contributed by atoms with van der Waals surface area (Å²) >= 11 is 0. The molecule has 0 bridgehead atoms. The molecular formula is C15H17N3O. The van der Waals surface area contributed by atoms with Crippen molar-refractivity contribution in [1.82, 2.24) is 9.78 Å². The van der Waals surface area contributed by atoms with Crippen LogP contribution < -0.4 is 0 Å². The van der Waals surface area contributed by atoms with E-state index in [0.717, 1.165) is 16.9 Å². The molecule has 19 heavy (non-hydrogen) atoms. The Labute approximate surface area is 112 Å². The van der Waals surface area contributed by atoms with E-state index in [1.54, 1.807) is 10.8 Å². The van der Waals surface area contributed by atoms with Crippen molar-refractivity contribution in [1.29, 1.82) is 0 Å². The second-order valence-electron chi connectivity index (χ2n) is 5.54. The van der Waals surface area contributed by atoms with Gasteiger partial charge in [0.25, 0.3) is 0 Å². The third-order valence-electron chi connectivity index (χ3n) is 2.96. The molecule has 0 radical (unpaired) electrons. The third kappa shape index (κ3) is 2.64.